The van der Waals surface area contributed by atoms with E-state index >= 15 is 0 Å². The molecule has 3 nitrogen and oxygen atoms in total. The third-order valence-corrected chi connectivity index (χ3v) is 6.33. The Balaban J connectivity index is 1.89. The van der Waals surface area contributed by atoms with E-state index in [4.69, 9.17) is 11.6 Å². The number of carbonyl (C=O) groups excluding carboxylic acids is 1. The number of rotatable bonds is 5. The largest absolute Gasteiger partial charge is 0.396 e. The molecule has 3 atom stereocenters. The zero-order chi connectivity index (χ0) is 21.2. The Morgan fingerprint density at radius 1 is 1.34 bits per heavy atom. The molecule has 1 aromatic rings. The van der Waals surface area contributed by atoms with Crippen LogP contribution < -0.4 is 5.32 Å². The minimum absolute atomic E-state index is 0.144. The number of amides is 1. The first-order valence-corrected chi connectivity index (χ1v) is 10.3. The van der Waals surface area contributed by atoms with Gasteiger partial charge in [-0.1, -0.05) is 62.3 Å². The van der Waals surface area contributed by atoms with Crippen LogP contribution in [-0.4, -0.2) is 28.2 Å². The van der Waals surface area contributed by atoms with Crippen molar-refractivity contribution in [3.63, 3.8) is 0 Å². The molecule has 0 spiro atoms. The summed E-state index contributed by atoms with van der Waals surface area (Å²) in [5.41, 5.74) is 0.510. The normalized spacial score (nSPS) is 24.8. The van der Waals surface area contributed by atoms with Crippen molar-refractivity contribution >= 4 is 17.5 Å². The number of allylic oxidation sites excluding steroid dienone is 3. The van der Waals surface area contributed by atoms with Crippen LogP contribution in [0.5, 0.6) is 0 Å². The van der Waals surface area contributed by atoms with Gasteiger partial charge in [-0.3, -0.25) is 4.79 Å². The molecule has 1 saturated carbocycles. The highest BCUT2D eigenvalue weighted by molar-refractivity contribution is 6.26. The van der Waals surface area contributed by atoms with Gasteiger partial charge in [0.15, 0.2) is 0 Å². The average Bonchev–Trinajstić information content (AvgIpc) is 3.12. The second-order valence-electron chi connectivity index (χ2n) is 7.79. The lowest BCUT2D eigenvalue weighted by molar-refractivity contribution is -0.160. The second kappa shape index (κ2) is 8.52. The Morgan fingerprint density at radius 3 is 2.66 bits per heavy atom. The van der Waals surface area contributed by atoms with E-state index in [9.17, 15) is 23.1 Å². The summed E-state index contributed by atoms with van der Waals surface area (Å²) in [4.78, 5) is 12.9. The van der Waals surface area contributed by atoms with Gasteiger partial charge in [-0.15, -0.1) is 11.6 Å². The van der Waals surface area contributed by atoms with Crippen LogP contribution in [0, 0.1) is 5.92 Å². The lowest BCUT2D eigenvalue weighted by atomic mass is 9.85. The zero-order valence-corrected chi connectivity index (χ0v) is 16.9. The molecule has 2 aliphatic carbocycles. The van der Waals surface area contributed by atoms with Crippen LogP contribution in [0.3, 0.4) is 0 Å². The van der Waals surface area contributed by atoms with E-state index in [1.54, 1.807) is 0 Å². The molecular weight excluding hydrogens is 403 g/mol. The molecule has 2 aliphatic rings. The summed E-state index contributed by atoms with van der Waals surface area (Å²) in [7, 11) is 0. The first-order valence-electron chi connectivity index (χ1n) is 9.87. The molecule has 1 fully saturated rings. The standard InChI is InChI=1S/C22H25ClF3NO2/c1-2-14-7-5-8-15(13-14)19(21(29)11-3-4-12-21)27-20(28)16-9-6-10-17(18(16)23)22(24,25)26/h5-10,13,17-19,29H,2-4,11-12H2,1H3,(H,27,28). The van der Waals surface area contributed by atoms with Crippen LogP contribution >= 0.6 is 11.6 Å². The second-order valence-corrected chi connectivity index (χ2v) is 8.26. The van der Waals surface area contributed by atoms with Gasteiger partial charge in [0.25, 0.3) is 0 Å². The van der Waals surface area contributed by atoms with Crippen molar-refractivity contribution < 1.29 is 23.1 Å². The van der Waals surface area contributed by atoms with Gasteiger partial charge in [0.2, 0.25) is 5.91 Å². The molecule has 29 heavy (non-hydrogen) atoms. The van der Waals surface area contributed by atoms with Crippen LogP contribution in [0.25, 0.3) is 0 Å². The van der Waals surface area contributed by atoms with E-state index in [-0.39, 0.29) is 5.57 Å². The molecule has 0 saturated heterocycles. The number of halogens is 4. The summed E-state index contributed by atoms with van der Waals surface area (Å²) >= 11 is 6.04. The van der Waals surface area contributed by atoms with Crippen LogP contribution in [0.4, 0.5) is 13.2 Å². The fourth-order valence-electron chi connectivity index (χ4n) is 4.15. The Morgan fingerprint density at radius 2 is 2.03 bits per heavy atom. The van der Waals surface area contributed by atoms with Crippen molar-refractivity contribution in [2.75, 3.05) is 0 Å². The van der Waals surface area contributed by atoms with Gasteiger partial charge in [-0.25, -0.2) is 0 Å². The molecule has 0 bridgehead atoms. The highest BCUT2D eigenvalue weighted by Gasteiger charge is 2.47. The Labute approximate surface area is 173 Å². The summed E-state index contributed by atoms with van der Waals surface area (Å²) in [6.45, 7) is 2.01. The van der Waals surface area contributed by atoms with Crippen molar-refractivity contribution in [2.24, 2.45) is 5.92 Å². The summed E-state index contributed by atoms with van der Waals surface area (Å²) < 4.78 is 39.6. The van der Waals surface area contributed by atoms with E-state index in [1.165, 1.54) is 12.2 Å². The van der Waals surface area contributed by atoms with Gasteiger partial charge in [0.1, 0.15) is 0 Å². The molecule has 158 valence electrons. The van der Waals surface area contributed by atoms with Gasteiger partial charge >= 0.3 is 6.18 Å². The molecular formula is C22H25ClF3NO2. The van der Waals surface area contributed by atoms with Gasteiger partial charge in [-0.05, 0) is 30.4 Å². The molecule has 1 amide bonds. The van der Waals surface area contributed by atoms with E-state index < -0.39 is 35.0 Å². The Hall–Kier alpha value is -1.79. The maximum atomic E-state index is 13.2. The van der Waals surface area contributed by atoms with Crippen LogP contribution in [0.15, 0.2) is 48.1 Å². The number of nitrogens with one attached hydrogen (secondary N) is 1. The third-order valence-electron chi connectivity index (χ3n) is 5.82. The van der Waals surface area contributed by atoms with Crippen LogP contribution in [0.1, 0.15) is 49.8 Å². The predicted octanol–water partition coefficient (Wildman–Crippen LogP) is 4.99. The average molecular weight is 428 g/mol. The smallest absolute Gasteiger partial charge is 0.387 e. The number of carbonyl (C=O) groups is 1. The molecule has 0 radical (unpaired) electrons. The van der Waals surface area contributed by atoms with Crippen LogP contribution in [-0.2, 0) is 11.2 Å². The van der Waals surface area contributed by atoms with Crippen molar-refractivity contribution in [1.29, 1.82) is 0 Å². The quantitative estimate of drug-likeness (QED) is 0.650. The van der Waals surface area contributed by atoms with Crippen molar-refractivity contribution in [3.8, 4) is 0 Å². The fourth-order valence-corrected chi connectivity index (χ4v) is 4.55. The first kappa shape index (κ1) is 21.9. The van der Waals surface area contributed by atoms with E-state index in [0.29, 0.717) is 12.8 Å². The molecule has 3 unspecified atom stereocenters. The predicted molar refractivity (Wildman–Crippen MR) is 107 cm³/mol. The third kappa shape index (κ3) is 4.69. The van der Waals surface area contributed by atoms with Crippen LogP contribution in [0.2, 0.25) is 0 Å². The zero-order valence-electron chi connectivity index (χ0n) is 16.2. The minimum atomic E-state index is -4.54. The summed E-state index contributed by atoms with van der Waals surface area (Å²) in [6, 6.07) is 6.85. The minimum Gasteiger partial charge on any atom is -0.387 e. The highest BCUT2D eigenvalue weighted by Crippen LogP contribution is 2.41. The van der Waals surface area contributed by atoms with E-state index in [2.05, 4.69) is 5.32 Å². The molecule has 1 aromatic carbocycles. The first-order chi connectivity index (χ1) is 13.7. The maximum Gasteiger partial charge on any atom is 0.396 e. The SMILES string of the molecule is CCc1cccc(C(NC(=O)C2=CC=CC(C(F)(F)F)C2Cl)C2(O)CCCC2)c1. The molecule has 0 aliphatic heterocycles. The summed E-state index contributed by atoms with van der Waals surface area (Å²) in [5, 5.41) is 12.5. The molecule has 2 N–H and O–H groups in total. The molecule has 0 heterocycles. The number of aliphatic hydroxyl groups is 1. The summed E-state index contributed by atoms with van der Waals surface area (Å²) in [6.07, 6.45) is 2.43. The molecule has 3 rings (SSSR count). The topological polar surface area (TPSA) is 49.3 Å². The number of benzene rings is 1. The molecule has 7 heteroatoms. The lowest BCUT2D eigenvalue weighted by Crippen LogP contribution is -2.46. The Kier molecular flexibility index (Phi) is 6.44. The lowest BCUT2D eigenvalue weighted by Gasteiger charge is -2.35. The van der Waals surface area contributed by atoms with E-state index in [0.717, 1.165) is 36.5 Å². The van der Waals surface area contributed by atoms with Gasteiger partial charge in [0.05, 0.1) is 22.9 Å². The van der Waals surface area contributed by atoms with Gasteiger partial charge in [0, 0.05) is 5.57 Å². The van der Waals surface area contributed by atoms with Crippen molar-refractivity contribution in [1.82, 2.24) is 5.32 Å². The Bertz CT molecular complexity index is 813. The number of aryl methyl sites for hydroxylation is 1. The van der Waals surface area contributed by atoms with Gasteiger partial charge < -0.3 is 10.4 Å². The van der Waals surface area contributed by atoms with Crippen molar-refractivity contribution in [2.45, 2.75) is 62.2 Å². The van der Waals surface area contributed by atoms with Gasteiger partial charge in [-0.2, -0.15) is 13.2 Å². The highest BCUT2D eigenvalue weighted by atomic mass is 35.5. The molecule has 0 aromatic heterocycles. The summed E-state index contributed by atoms with van der Waals surface area (Å²) in [5.74, 6) is -2.61. The maximum absolute atomic E-state index is 13.2. The number of alkyl halides is 4. The van der Waals surface area contributed by atoms with E-state index in [1.807, 2.05) is 31.2 Å². The van der Waals surface area contributed by atoms with Crippen molar-refractivity contribution in [3.05, 3.63) is 59.2 Å². The monoisotopic (exact) mass is 427 g/mol. The number of hydrogen-bond acceptors (Lipinski definition) is 2. The number of hydrogen-bond donors (Lipinski definition) is 2. The fraction of sp³-hybridized carbons (Fsp3) is 0.500.